The van der Waals surface area contributed by atoms with E-state index < -0.39 is 5.97 Å². The van der Waals surface area contributed by atoms with Gasteiger partial charge in [-0.3, -0.25) is 4.79 Å². The second kappa shape index (κ2) is 8.82. The molecule has 1 aromatic heterocycles. The molecule has 0 saturated carbocycles. The Morgan fingerprint density at radius 1 is 0.923 bits per heavy atom. The van der Waals surface area contributed by atoms with Gasteiger partial charge in [-0.15, -0.1) is 11.3 Å². The number of hydrogen-bond donors (Lipinski definition) is 1. The zero-order valence-corrected chi connectivity index (χ0v) is 14.7. The number of thiophene rings is 1. The van der Waals surface area contributed by atoms with Crippen LogP contribution in [0.1, 0.15) is 15.2 Å². The highest BCUT2D eigenvalue weighted by molar-refractivity contribution is 7.09. The maximum Gasteiger partial charge on any atom is 0.342 e. The number of nitrogens with one attached hydrogen (secondary N) is 1. The Kier molecular flexibility index (Phi) is 6.01. The molecule has 132 valence electrons. The van der Waals surface area contributed by atoms with E-state index in [1.807, 2.05) is 35.7 Å². The second-order valence-corrected chi connectivity index (χ2v) is 6.38. The molecule has 0 radical (unpaired) electrons. The predicted molar refractivity (Wildman–Crippen MR) is 99.4 cm³/mol. The molecule has 0 aliphatic rings. The monoisotopic (exact) mass is 367 g/mol. The summed E-state index contributed by atoms with van der Waals surface area (Å²) in [4.78, 5) is 25.2. The Hall–Kier alpha value is -3.12. The third kappa shape index (κ3) is 4.94. The molecule has 0 bridgehead atoms. The van der Waals surface area contributed by atoms with Crippen molar-refractivity contribution < 1.29 is 19.1 Å². The number of esters is 1. The lowest BCUT2D eigenvalue weighted by atomic mass is 10.2. The molecule has 0 atom stereocenters. The topological polar surface area (TPSA) is 64.6 Å². The van der Waals surface area contributed by atoms with E-state index in [4.69, 9.17) is 9.47 Å². The van der Waals surface area contributed by atoms with Crippen molar-refractivity contribution in [2.45, 2.75) is 6.54 Å². The van der Waals surface area contributed by atoms with Gasteiger partial charge < -0.3 is 14.8 Å². The van der Waals surface area contributed by atoms with Crippen LogP contribution in [0.4, 0.5) is 0 Å². The Balaban J connectivity index is 1.56. The third-order valence-corrected chi connectivity index (χ3v) is 4.33. The number of carbonyl (C=O) groups is 2. The summed E-state index contributed by atoms with van der Waals surface area (Å²) in [6.45, 7) is 0.0750. The SMILES string of the molecule is O=C(COC(=O)c1ccccc1Oc1ccccc1)NCc1cccs1. The Morgan fingerprint density at radius 3 is 2.46 bits per heavy atom. The summed E-state index contributed by atoms with van der Waals surface area (Å²) in [6, 6.07) is 19.7. The molecule has 0 saturated heterocycles. The molecule has 26 heavy (non-hydrogen) atoms. The molecule has 5 nitrogen and oxygen atoms in total. The van der Waals surface area contributed by atoms with Crippen molar-refractivity contribution in [2.75, 3.05) is 6.61 Å². The van der Waals surface area contributed by atoms with Gasteiger partial charge in [0.15, 0.2) is 6.61 Å². The highest BCUT2D eigenvalue weighted by Gasteiger charge is 2.15. The van der Waals surface area contributed by atoms with Crippen molar-refractivity contribution in [3.63, 3.8) is 0 Å². The summed E-state index contributed by atoms with van der Waals surface area (Å²) in [5.74, 6) is 0.0279. The fourth-order valence-corrected chi connectivity index (χ4v) is 2.84. The summed E-state index contributed by atoms with van der Waals surface area (Å²) in [5, 5.41) is 4.65. The van der Waals surface area contributed by atoms with Crippen LogP contribution < -0.4 is 10.1 Å². The minimum Gasteiger partial charge on any atom is -0.456 e. The lowest BCUT2D eigenvalue weighted by Gasteiger charge is -2.11. The van der Waals surface area contributed by atoms with Crippen LogP contribution in [-0.2, 0) is 16.1 Å². The number of para-hydroxylation sites is 2. The first-order chi connectivity index (χ1) is 12.7. The van der Waals surface area contributed by atoms with Gasteiger partial charge in [0.1, 0.15) is 17.1 Å². The Morgan fingerprint density at radius 2 is 1.69 bits per heavy atom. The van der Waals surface area contributed by atoms with Crippen molar-refractivity contribution in [3.05, 3.63) is 82.6 Å². The largest absolute Gasteiger partial charge is 0.456 e. The quantitative estimate of drug-likeness (QED) is 0.641. The lowest BCUT2D eigenvalue weighted by Crippen LogP contribution is -2.28. The van der Waals surface area contributed by atoms with Crippen molar-refractivity contribution >= 4 is 23.2 Å². The van der Waals surface area contributed by atoms with E-state index in [0.717, 1.165) is 4.88 Å². The number of ether oxygens (including phenoxy) is 2. The summed E-state index contributed by atoms with van der Waals surface area (Å²) in [7, 11) is 0. The van der Waals surface area contributed by atoms with Gasteiger partial charge in [-0.1, -0.05) is 36.4 Å². The minimum absolute atomic E-state index is 0.266. The van der Waals surface area contributed by atoms with E-state index in [9.17, 15) is 9.59 Å². The molecule has 1 heterocycles. The molecule has 6 heteroatoms. The molecule has 0 aliphatic carbocycles. The summed E-state index contributed by atoms with van der Waals surface area (Å²) in [6.07, 6.45) is 0. The van der Waals surface area contributed by atoms with E-state index in [0.29, 0.717) is 18.0 Å². The molecule has 0 spiro atoms. The van der Waals surface area contributed by atoms with E-state index in [2.05, 4.69) is 5.32 Å². The molecular formula is C20H17NO4S. The molecule has 1 amide bonds. The number of carbonyl (C=O) groups excluding carboxylic acids is 2. The van der Waals surface area contributed by atoms with Crippen molar-refractivity contribution in [2.24, 2.45) is 0 Å². The molecule has 0 aliphatic heterocycles. The van der Waals surface area contributed by atoms with E-state index >= 15 is 0 Å². The highest BCUT2D eigenvalue weighted by Crippen LogP contribution is 2.25. The standard InChI is InChI=1S/C20H17NO4S/c22-19(21-13-16-9-6-12-26-16)14-24-20(23)17-10-4-5-11-18(17)25-15-7-2-1-3-8-15/h1-12H,13-14H2,(H,21,22). The van der Waals surface area contributed by atoms with Crippen LogP contribution in [0.25, 0.3) is 0 Å². The second-order valence-electron chi connectivity index (χ2n) is 5.34. The van der Waals surface area contributed by atoms with Crippen LogP contribution in [0.2, 0.25) is 0 Å². The van der Waals surface area contributed by atoms with Gasteiger partial charge in [-0.2, -0.15) is 0 Å². The van der Waals surface area contributed by atoms with Gasteiger partial charge in [-0.05, 0) is 35.7 Å². The zero-order valence-electron chi connectivity index (χ0n) is 13.9. The van der Waals surface area contributed by atoms with Gasteiger partial charge >= 0.3 is 5.97 Å². The average molecular weight is 367 g/mol. The van der Waals surface area contributed by atoms with Crippen LogP contribution >= 0.6 is 11.3 Å². The van der Waals surface area contributed by atoms with Gasteiger partial charge in [0, 0.05) is 4.88 Å². The van der Waals surface area contributed by atoms with Crippen molar-refractivity contribution in [1.82, 2.24) is 5.32 Å². The number of amides is 1. The molecule has 0 fully saturated rings. The van der Waals surface area contributed by atoms with E-state index in [1.54, 1.807) is 47.7 Å². The highest BCUT2D eigenvalue weighted by atomic mass is 32.1. The van der Waals surface area contributed by atoms with Crippen molar-refractivity contribution in [3.8, 4) is 11.5 Å². The lowest BCUT2D eigenvalue weighted by molar-refractivity contribution is -0.124. The van der Waals surface area contributed by atoms with E-state index in [1.165, 1.54) is 0 Å². The van der Waals surface area contributed by atoms with E-state index in [-0.39, 0.29) is 18.1 Å². The van der Waals surface area contributed by atoms with Crippen LogP contribution in [0.3, 0.4) is 0 Å². The van der Waals surface area contributed by atoms with Crippen LogP contribution in [-0.4, -0.2) is 18.5 Å². The average Bonchev–Trinajstić information content (AvgIpc) is 3.19. The minimum atomic E-state index is -0.609. The summed E-state index contributed by atoms with van der Waals surface area (Å²) < 4.78 is 10.8. The van der Waals surface area contributed by atoms with Crippen LogP contribution in [0.5, 0.6) is 11.5 Å². The number of benzene rings is 2. The fourth-order valence-electron chi connectivity index (χ4n) is 2.20. The third-order valence-electron chi connectivity index (χ3n) is 3.45. The smallest absolute Gasteiger partial charge is 0.342 e. The fraction of sp³-hybridized carbons (Fsp3) is 0.100. The van der Waals surface area contributed by atoms with Crippen LogP contribution in [0, 0.1) is 0 Å². The Labute approximate surface area is 155 Å². The summed E-state index contributed by atoms with van der Waals surface area (Å²) >= 11 is 1.55. The molecule has 3 rings (SSSR count). The molecular weight excluding hydrogens is 350 g/mol. The van der Waals surface area contributed by atoms with Gasteiger partial charge in [-0.25, -0.2) is 4.79 Å². The zero-order chi connectivity index (χ0) is 18.2. The maximum absolute atomic E-state index is 12.3. The van der Waals surface area contributed by atoms with Gasteiger partial charge in [0.05, 0.1) is 6.54 Å². The Bertz CT molecular complexity index is 863. The molecule has 0 unspecified atom stereocenters. The first kappa shape index (κ1) is 17.7. The number of rotatable bonds is 7. The van der Waals surface area contributed by atoms with Gasteiger partial charge in [0.2, 0.25) is 0 Å². The first-order valence-electron chi connectivity index (χ1n) is 8.00. The maximum atomic E-state index is 12.3. The van der Waals surface area contributed by atoms with Crippen LogP contribution in [0.15, 0.2) is 72.1 Å². The molecule has 1 N–H and O–H groups in total. The number of hydrogen-bond acceptors (Lipinski definition) is 5. The molecule has 2 aromatic carbocycles. The van der Waals surface area contributed by atoms with Gasteiger partial charge in [0.25, 0.3) is 5.91 Å². The first-order valence-corrected chi connectivity index (χ1v) is 8.88. The predicted octanol–water partition coefficient (Wildman–Crippen LogP) is 4.01. The summed E-state index contributed by atoms with van der Waals surface area (Å²) in [5.41, 5.74) is 0.266. The molecule has 3 aromatic rings. The normalized spacial score (nSPS) is 10.2. The van der Waals surface area contributed by atoms with Crippen molar-refractivity contribution in [1.29, 1.82) is 0 Å².